The number of nitrogens with one attached hydrogen (secondary N) is 1. The van der Waals surface area contributed by atoms with Crippen LogP contribution in [0.5, 0.6) is 0 Å². The molecule has 1 rings (SSSR count). The molecule has 0 heterocycles. The molecule has 1 aliphatic rings. The lowest BCUT2D eigenvalue weighted by Gasteiger charge is -2.39. The number of aliphatic carboxylic acids is 1. The van der Waals surface area contributed by atoms with Crippen molar-refractivity contribution in [2.75, 3.05) is 20.3 Å². The Morgan fingerprint density at radius 3 is 2.78 bits per heavy atom. The first-order valence-corrected chi connectivity index (χ1v) is 6.62. The molecule has 5 heteroatoms. The summed E-state index contributed by atoms with van der Waals surface area (Å²) in [4.78, 5) is 11.5. The molecular weight excluding hydrogens is 234 g/mol. The van der Waals surface area contributed by atoms with Crippen molar-refractivity contribution in [1.29, 1.82) is 0 Å². The van der Waals surface area contributed by atoms with Crippen LogP contribution >= 0.6 is 0 Å². The number of hydrogen-bond acceptors (Lipinski definition) is 4. The molecule has 0 aromatic carbocycles. The molecule has 0 saturated heterocycles. The Morgan fingerprint density at radius 2 is 2.22 bits per heavy atom. The zero-order valence-electron chi connectivity index (χ0n) is 11.6. The molecule has 1 saturated carbocycles. The number of methoxy groups -OCH3 is 1. The minimum absolute atomic E-state index is 0.0104. The van der Waals surface area contributed by atoms with Gasteiger partial charge in [-0.1, -0.05) is 0 Å². The highest BCUT2D eigenvalue weighted by atomic mass is 16.5. The SMILES string of the molecule is COCCOC1CCCC(NC(C)C)(C(=O)O)C1. The number of hydrogen-bond donors (Lipinski definition) is 2. The fourth-order valence-electron chi connectivity index (χ4n) is 2.60. The maximum absolute atomic E-state index is 11.5. The van der Waals surface area contributed by atoms with E-state index in [1.54, 1.807) is 7.11 Å². The van der Waals surface area contributed by atoms with Crippen LogP contribution in [0, 0.1) is 0 Å². The first kappa shape index (κ1) is 15.4. The van der Waals surface area contributed by atoms with Crippen LogP contribution in [0.3, 0.4) is 0 Å². The Balaban J connectivity index is 2.59. The van der Waals surface area contributed by atoms with Crippen molar-refractivity contribution < 1.29 is 19.4 Å². The van der Waals surface area contributed by atoms with Crippen molar-refractivity contribution >= 4 is 5.97 Å². The summed E-state index contributed by atoms with van der Waals surface area (Å²) >= 11 is 0. The molecule has 1 aliphatic carbocycles. The van der Waals surface area contributed by atoms with Gasteiger partial charge in [-0.15, -0.1) is 0 Å². The van der Waals surface area contributed by atoms with Gasteiger partial charge in [0.05, 0.1) is 19.3 Å². The molecule has 2 atom stereocenters. The lowest BCUT2D eigenvalue weighted by Crippen LogP contribution is -2.58. The Morgan fingerprint density at radius 1 is 1.50 bits per heavy atom. The fraction of sp³-hybridized carbons (Fsp3) is 0.923. The second kappa shape index (κ2) is 7.07. The van der Waals surface area contributed by atoms with Gasteiger partial charge in [0.15, 0.2) is 0 Å². The van der Waals surface area contributed by atoms with Gasteiger partial charge < -0.3 is 14.6 Å². The number of carbonyl (C=O) groups is 1. The summed E-state index contributed by atoms with van der Waals surface area (Å²) < 4.78 is 10.6. The zero-order valence-corrected chi connectivity index (χ0v) is 11.6. The molecule has 18 heavy (non-hydrogen) atoms. The molecule has 2 N–H and O–H groups in total. The maximum atomic E-state index is 11.5. The lowest BCUT2D eigenvalue weighted by atomic mass is 9.79. The van der Waals surface area contributed by atoms with E-state index in [1.807, 2.05) is 13.8 Å². The van der Waals surface area contributed by atoms with Crippen molar-refractivity contribution in [3.05, 3.63) is 0 Å². The number of ether oxygens (including phenoxy) is 2. The minimum Gasteiger partial charge on any atom is -0.480 e. The van der Waals surface area contributed by atoms with Crippen LogP contribution in [0.15, 0.2) is 0 Å². The largest absolute Gasteiger partial charge is 0.480 e. The monoisotopic (exact) mass is 259 g/mol. The molecule has 0 amide bonds. The molecule has 0 aromatic rings. The third kappa shape index (κ3) is 4.23. The Bertz CT molecular complexity index is 270. The first-order valence-electron chi connectivity index (χ1n) is 6.62. The quantitative estimate of drug-likeness (QED) is 0.677. The van der Waals surface area contributed by atoms with Crippen LogP contribution < -0.4 is 5.32 Å². The van der Waals surface area contributed by atoms with E-state index in [4.69, 9.17) is 9.47 Å². The molecule has 0 radical (unpaired) electrons. The third-order valence-electron chi connectivity index (χ3n) is 3.32. The van der Waals surface area contributed by atoms with E-state index in [0.29, 0.717) is 26.1 Å². The van der Waals surface area contributed by atoms with E-state index in [1.165, 1.54) is 0 Å². The van der Waals surface area contributed by atoms with E-state index >= 15 is 0 Å². The fourth-order valence-corrected chi connectivity index (χ4v) is 2.60. The number of rotatable bonds is 7. The van der Waals surface area contributed by atoms with Crippen molar-refractivity contribution in [3.63, 3.8) is 0 Å². The van der Waals surface area contributed by atoms with E-state index in [-0.39, 0.29) is 12.1 Å². The van der Waals surface area contributed by atoms with Crippen molar-refractivity contribution in [2.45, 2.75) is 57.2 Å². The van der Waals surface area contributed by atoms with E-state index in [0.717, 1.165) is 12.8 Å². The normalized spacial score (nSPS) is 28.6. The van der Waals surface area contributed by atoms with Crippen LogP contribution in [0.25, 0.3) is 0 Å². The van der Waals surface area contributed by atoms with Gasteiger partial charge in [-0.05, 0) is 33.1 Å². The third-order valence-corrected chi connectivity index (χ3v) is 3.32. The molecule has 0 aromatic heterocycles. The zero-order chi connectivity index (χ0) is 13.6. The van der Waals surface area contributed by atoms with Crippen LogP contribution in [0.4, 0.5) is 0 Å². The average molecular weight is 259 g/mol. The molecule has 0 bridgehead atoms. The van der Waals surface area contributed by atoms with Crippen LogP contribution in [0.1, 0.15) is 39.5 Å². The molecule has 2 unspecified atom stereocenters. The van der Waals surface area contributed by atoms with Gasteiger partial charge in [-0.25, -0.2) is 0 Å². The summed E-state index contributed by atoms with van der Waals surface area (Å²) in [5, 5.41) is 12.7. The molecule has 1 fully saturated rings. The highest BCUT2D eigenvalue weighted by Gasteiger charge is 2.43. The van der Waals surface area contributed by atoms with Gasteiger partial charge in [-0.2, -0.15) is 0 Å². The van der Waals surface area contributed by atoms with Gasteiger partial charge in [0.25, 0.3) is 0 Å². The smallest absolute Gasteiger partial charge is 0.324 e. The summed E-state index contributed by atoms with van der Waals surface area (Å²) in [5.41, 5.74) is -0.829. The molecular formula is C13H25NO4. The summed E-state index contributed by atoms with van der Waals surface area (Å²) in [6, 6.07) is 0.152. The van der Waals surface area contributed by atoms with E-state index < -0.39 is 11.5 Å². The highest BCUT2D eigenvalue weighted by molar-refractivity contribution is 5.79. The van der Waals surface area contributed by atoms with E-state index in [9.17, 15) is 9.90 Å². The Hall–Kier alpha value is -0.650. The Labute approximate surface area is 109 Å². The first-order chi connectivity index (χ1) is 8.50. The molecule has 0 spiro atoms. The summed E-state index contributed by atoms with van der Waals surface area (Å²) in [7, 11) is 1.63. The van der Waals surface area contributed by atoms with Crippen LogP contribution in [-0.4, -0.2) is 49.1 Å². The average Bonchev–Trinajstić information content (AvgIpc) is 2.28. The minimum atomic E-state index is -0.829. The summed E-state index contributed by atoms with van der Waals surface area (Å²) in [6.07, 6.45) is 3.02. The highest BCUT2D eigenvalue weighted by Crippen LogP contribution is 2.31. The molecule has 5 nitrogen and oxygen atoms in total. The van der Waals surface area contributed by atoms with Gasteiger partial charge >= 0.3 is 5.97 Å². The topological polar surface area (TPSA) is 67.8 Å². The van der Waals surface area contributed by atoms with Crippen molar-refractivity contribution in [1.82, 2.24) is 5.32 Å². The lowest BCUT2D eigenvalue weighted by molar-refractivity contribution is -0.149. The maximum Gasteiger partial charge on any atom is 0.324 e. The van der Waals surface area contributed by atoms with Crippen LogP contribution in [0.2, 0.25) is 0 Å². The predicted octanol–water partition coefficient (Wildman–Crippen LogP) is 1.41. The molecule has 0 aliphatic heterocycles. The second-order valence-electron chi connectivity index (χ2n) is 5.27. The summed E-state index contributed by atoms with van der Waals surface area (Å²) in [6.45, 7) is 5.02. The predicted molar refractivity (Wildman–Crippen MR) is 68.7 cm³/mol. The number of carboxylic acids is 1. The van der Waals surface area contributed by atoms with Gasteiger partial charge in [0.2, 0.25) is 0 Å². The van der Waals surface area contributed by atoms with Gasteiger partial charge in [-0.3, -0.25) is 10.1 Å². The summed E-state index contributed by atoms with van der Waals surface area (Å²) in [5.74, 6) is -0.767. The van der Waals surface area contributed by atoms with Gasteiger partial charge in [0, 0.05) is 19.6 Å². The van der Waals surface area contributed by atoms with E-state index in [2.05, 4.69) is 5.32 Å². The second-order valence-corrected chi connectivity index (χ2v) is 5.27. The van der Waals surface area contributed by atoms with Gasteiger partial charge in [0.1, 0.15) is 5.54 Å². The van der Waals surface area contributed by atoms with Crippen molar-refractivity contribution in [2.24, 2.45) is 0 Å². The standard InChI is InChI=1S/C13H25NO4/c1-10(2)14-13(12(15)16)6-4-5-11(9-13)18-8-7-17-3/h10-11,14H,4-9H2,1-3H3,(H,15,16). The van der Waals surface area contributed by atoms with Crippen molar-refractivity contribution in [3.8, 4) is 0 Å². The molecule has 106 valence electrons. The Kier molecular flexibility index (Phi) is 6.05. The van der Waals surface area contributed by atoms with Crippen LogP contribution in [-0.2, 0) is 14.3 Å². The number of carboxylic acid groups (broad SMARTS) is 1.